The number of aliphatic carboxylic acids is 1. The van der Waals surface area contributed by atoms with Gasteiger partial charge >= 0.3 is 5.97 Å². The first-order valence-corrected chi connectivity index (χ1v) is 32.2. The van der Waals surface area contributed by atoms with Crippen molar-refractivity contribution in [1.82, 2.24) is 47.9 Å². The molecule has 21 N–H and O–H groups in total. The molecule has 0 saturated heterocycles. The fourth-order valence-electron chi connectivity index (χ4n) is 10.1. The van der Waals surface area contributed by atoms with Crippen molar-refractivity contribution in [1.29, 1.82) is 0 Å². The number of hydrogen-bond acceptors (Lipinski definition) is 16. The van der Waals surface area contributed by atoms with Crippen molar-refractivity contribution in [3.63, 3.8) is 0 Å². The van der Waals surface area contributed by atoms with Gasteiger partial charge in [0.25, 0.3) is 0 Å². The molecule has 10 atom stereocenters. The van der Waals surface area contributed by atoms with Crippen LogP contribution in [0, 0.1) is 17.8 Å². The number of carbonyl (C=O) groups is 10. The van der Waals surface area contributed by atoms with E-state index in [1.54, 1.807) is 114 Å². The Kier molecular flexibility index (Phi) is 35.8. The molecule has 9 amide bonds. The molecule has 3 rings (SSSR count). The number of phenols is 1. The number of rotatable bonds is 44. The molecule has 3 aromatic carbocycles. The third-order valence-corrected chi connectivity index (χ3v) is 15.6. The SMILES string of the molecule is CC(C)[C@H](NC(=O)[C@H](Cc1ccc(O)cc1)NC(=O)[C@H](Cc1ccccc1)NC(=O)[C@@H](NC(=O)[C@@H](NC(=O)[C@H](CCCCN)NC(=O)[C@@H](N)CCCCN)C(C)C)C(C)C)C(=O)N[C@@H](CCCCN)C(=O)N[C@@H](Cc1ccccc1)C(=O)N[C@@H](CCCCN)C(=O)O. The van der Waals surface area contributed by atoms with Crippen LogP contribution in [0.3, 0.4) is 0 Å². The summed E-state index contributed by atoms with van der Waals surface area (Å²) in [5.41, 5.74) is 30.7. The molecule has 0 spiro atoms. The number of nitrogens with two attached hydrogens (primary N) is 5. The predicted molar refractivity (Wildman–Crippen MR) is 351 cm³/mol. The minimum Gasteiger partial charge on any atom is -0.508 e. The average molecular weight is 1290 g/mol. The predicted octanol–water partition coefficient (Wildman–Crippen LogP) is 0.679. The number of carboxylic acids is 1. The number of nitrogens with one attached hydrogen (secondary N) is 9. The second-order valence-corrected chi connectivity index (χ2v) is 24.4. The highest BCUT2D eigenvalue weighted by molar-refractivity contribution is 5.99. The summed E-state index contributed by atoms with van der Waals surface area (Å²) in [7, 11) is 0. The zero-order valence-corrected chi connectivity index (χ0v) is 54.4. The van der Waals surface area contributed by atoms with Crippen LogP contribution in [-0.2, 0) is 67.2 Å². The van der Waals surface area contributed by atoms with Gasteiger partial charge in [0.05, 0.1) is 6.04 Å². The summed E-state index contributed by atoms with van der Waals surface area (Å²) in [5.74, 6) is -9.74. The lowest BCUT2D eigenvalue weighted by atomic mass is 9.97. The molecular formula is C66H104N14O12. The second kappa shape index (κ2) is 42.2. The lowest BCUT2D eigenvalue weighted by Crippen LogP contribution is -2.62. The highest BCUT2D eigenvalue weighted by Crippen LogP contribution is 2.16. The zero-order chi connectivity index (χ0) is 68.3. The molecule has 0 saturated carbocycles. The van der Waals surface area contributed by atoms with Gasteiger partial charge in [0.2, 0.25) is 53.2 Å². The third-order valence-electron chi connectivity index (χ3n) is 15.6. The van der Waals surface area contributed by atoms with E-state index < -0.39 is 137 Å². The first-order chi connectivity index (χ1) is 43.8. The van der Waals surface area contributed by atoms with E-state index in [1.807, 2.05) is 0 Å². The Balaban J connectivity index is 1.97. The molecule has 26 heteroatoms. The number of unbranched alkanes of at least 4 members (excludes halogenated alkanes) is 4. The summed E-state index contributed by atoms with van der Waals surface area (Å²) >= 11 is 0. The molecule has 510 valence electrons. The molecule has 0 aliphatic heterocycles. The van der Waals surface area contributed by atoms with Crippen molar-refractivity contribution >= 4 is 59.1 Å². The summed E-state index contributed by atoms with van der Waals surface area (Å²) in [4.78, 5) is 141. The lowest BCUT2D eigenvalue weighted by molar-refractivity contribution is -0.142. The molecular weight excluding hydrogens is 1180 g/mol. The van der Waals surface area contributed by atoms with Crippen LogP contribution in [0.2, 0.25) is 0 Å². The van der Waals surface area contributed by atoms with Gasteiger partial charge in [-0.25, -0.2) is 4.79 Å². The Bertz CT molecular complexity index is 2780. The summed E-state index contributed by atoms with van der Waals surface area (Å²) in [6, 6.07) is 10.9. The average Bonchev–Trinajstić information content (AvgIpc) is 1.45. The molecule has 0 bridgehead atoms. The largest absolute Gasteiger partial charge is 0.508 e. The quantitative estimate of drug-likeness (QED) is 0.0346. The fraction of sp³-hybridized carbons (Fsp3) is 0.576. The van der Waals surface area contributed by atoms with Crippen LogP contribution in [-0.4, -0.2) is 156 Å². The van der Waals surface area contributed by atoms with Crippen molar-refractivity contribution in [3.05, 3.63) is 102 Å². The molecule has 0 aromatic heterocycles. The van der Waals surface area contributed by atoms with E-state index in [4.69, 9.17) is 28.7 Å². The maximum atomic E-state index is 14.9. The van der Waals surface area contributed by atoms with Gasteiger partial charge in [0, 0.05) is 19.3 Å². The van der Waals surface area contributed by atoms with Crippen molar-refractivity contribution in [2.24, 2.45) is 46.4 Å². The van der Waals surface area contributed by atoms with E-state index in [-0.39, 0.29) is 50.8 Å². The van der Waals surface area contributed by atoms with Crippen molar-refractivity contribution in [3.8, 4) is 5.75 Å². The van der Waals surface area contributed by atoms with E-state index in [0.29, 0.717) is 94.1 Å². The van der Waals surface area contributed by atoms with Gasteiger partial charge in [-0.2, -0.15) is 0 Å². The molecule has 0 radical (unpaired) electrons. The Morgan fingerprint density at radius 1 is 0.337 bits per heavy atom. The van der Waals surface area contributed by atoms with Gasteiger partial charge in [-0.05, 0) is 143 Å². The van der Waals surface area contributed by atoms with Crippen molar-refractivity contribution in [2.45, 2.75) is 198 Å². The Labute approximate surface area is 541 Å². The number of hydrogen-bond donors (Lipinski definition) is 16. The Morgan fingerprint density at radius 2 is 0.609 bits per heavy atom. The van der Waals surface area contributed by atoms with E-state index in [9.17, 15) is 58.2 Å². The molecule has 0 aliphatic carbocycles. The Hall–Kier alpha value is -8.04. The summed E-state index contributed by atoms with van der Waals surface area (Å²) in [6.45, 7) is 11.5. The van der Waals surface area contributed by atoms with Crippen LogP contribution in [0.25, 0.3) is 0 Å². The number of carboxylic acid groups (broad SMARTS) is 1. The second-order valence-electron chi connectivity index (χ2n) is 24.4. The van der Waals surface area contributed by atoms with E-state index in [0.717, 1.165) is 0 Å². The molecule has 26 nitrogen and oxygen atoms in total. The standard InChI is InChI=1S/C66H104N14O12/c1-40(2)54(63(88)73-48(26-14-18-34-68)58(83)75-51(37-43-21-9-7-10-22-43)60(85)74-50(66(91)92)28-16-20-36-70)79-62(87)53(39-45-29-31-46(81)32-30-45)76-61(86)52(38-44-23-11-8-12-24-44)77-64(89)55(41(3)4)80-65(90)56(42(5)6)78-59(84)49(27-15-19-35-69)72-57(82)47(71)25-13-17-33-67/h7-12,21-24,29-32,40-42,47-56,81H,13-20,25-28,33-39,67-71H2,1-6H3,(H,72,82)(H,73,88)(H,74,85)(H,75,83)(H,76,86)(H,77,89)(H,78,84)(H,79,87)(H,80,90)(H,91,92)/t47-,48-,49-,50-,51-,52-,53-,54-,55-,56-/m0/s1. The van der Waals surface area contributed by atoms with E-state index in [2.05, 4.69) is 47.9 Å². The monoisotopic (exact) mass is 1280 g/mol. The number of phenolic OH excluding ortho intramolecular Hbond substituents is 1. The lowest BCUT2D eigenvalue weighted by Gasteiger charge is -2.30. The van der Waals surface area contributed by atoms with Gasteiger partial charge in [0.1, 0.15) is 60.1 Å². The molecule has 0 fully saturated rings. The molecule has 92 heavy (non-hydrogen) atoms. The molecule has 0 heterocycles. The summed E-state index contributed by atoms with van der Waals surface area (Å²) < 4.78 is 0. The van der Waals surface area contributed by atoms with Crippen molar-refractivity contribution < 1.29 is 58.2 Å². The first-order valence-electron chi connectivity index (χ1n) is 32.2. The van der Waals surface area contributed by atoms with Crippen LogP contribution in [0.4, 0.5) is 0 Å². The fourth-order valence-corrected chi connectivity index (χ4v) is 10.1. The number of aromatic hydroxyl groups is 1. The van der Waals surface area contributed by atoms with Gasteiger partial charge in [0.15, 0.2) is 0 Å². The molecule has 3 aromatic rings. The smallest absolute Gasteiger partial charge is 0.326 e. The van der Waals surface area contributed by atoms with Crippen molar-refractivity contribution in [2.75, 3.05) is 26.2 Å². The highest BCUT2D eigenvalue weighted by Gasteiger charge is 2.38. The third kappa shape index (κ3) is 28.2. The minimum atomic E-state index is -1.45. The topological polar surface area (TPSA) is 450 Å². The molecule has 0 unspecified atom stereocenters. The van der Waals surface area contributed by atoms with E-state index in [1.165, 1.54) is 12.1 Å². The maximum absolute atomic E-state index is 14.9. The summed E-state index contributed by atoms with van der Waals surface area (Å²) in [6.07, 6.45) is 4.49. The maximum Gasteiger partial charge on any atom is 0.326 e. The number of carbonyl (C=O) groups excluding carboxylic acids is 9. The van der Waals surface area contributed by atoms with Crippen LogP contribution < -0.4 is 76.5 Å². The minimum absolute atomic E-state index is 0.0325. The number of amides is 9. The number of benzene rings is 3. The highest BCUT2D eigenvalue weighted by atomic mass is 16.4. The normalized spacial score (nSPS) is 14.6. The van der Waals surface area contributed by atoms with Gasteiger partial charge in [-0.15, -0.1) is 0 Å². The van der Waals surface area contributed by atoms with Crippen LogP contribution in [0.15, 0.2) is 84.9 Å². The summed E-state index contributed by atoms with van der Waals surface area (Å²) in [5, 5.41) is 44.9. The van der Waals surface area contributed by atoms with Crippen LogP contribution in [0.1, 0.15) is 135 Å². The molecule has 0 aliphatic rings. The Morgan fingerprint density at radius 3 is 0.978 bits per heavy atom. The first kappa shape index (κ1) is 78.2. The zero-order valence-electron chi connectivity index (χ0n) is 54.4. The van der Waals surface area contributed by atoms with E-state index >= 15 is 0 Å². The van der Waals surface area contributed by atoms with Gasteiger partial charge in [-0.3, -0.25) is 43.2 Å². The van der Waals surface area contributed by atoms with Crippen LogP contribution >= 0.6 is 0 Å². The van der Waals surface area contributed by atoms with Gasteiger partial charge in [-0.1, -0.05) is 121 Å². The van der Waals surface area contributed by atoms with Gasteiger partial charge < -0.3 is 86.7 Å². The van der Waals surface area contributed by atoms with Crippen LogP contribution in [0.5, 0.6) is 5.75 Å².